The molecule has 0 saturated carbocycles. The molecule has 9 heteroatoms. The second-order valence-electron chi connectivity index (χ2n) is 5.24. The molecule has 0 amide bonds. The molecule has 0 fully saturated rings. The number of benzene rings is 2. The number of hydrogen-bond acceptors (Lipinski definition) is 6. The van der Waals surface area contributed by atoms with Crippen LogP contribution in [0.4, 0.5) is 28.7 Å². The average Bonchev–Trinajstić information content (AvgIpc) is 2.58. The molecule has 6 nitrogen and oxygen atoms in total. The summed E-state index contributed by atoms with van der Waals surface area (Å²) < 4.78 is 5.31. The van der Waals surface area contributed by atoms with Crippen LogP contribution in [0.1, 0.15) is 0 Å². The van der Waals surface area contributed by atoms with Crippen molar-refractivity contribution in [3.63, 3.8) is 0 Å². The lowest BCUT2D eigenvalue weighted by Crippen LogP contribution is -2.06. The van der Waals surface area contributed by atoms with E-state index >= 15 is 0 Å². The maximum absolute atomic E-state index is 6.19. The lowest BCUT2D eigenvalue weighted by atomic mass is 10.2. The van der Waals surface area contributed by atoms with E-state index in [-0.39, 0.29) is 0 Å². The highest BCUT2D eigenvalue weighted by atomic mass is 35.5. The van der Waals surface area contributed by atoms with E-state index < -0.39 is 0 Å². The minimum atomic E-state index is 0.311. The molecule has 3 rings (SSSR count). The number of ether oxygens (including phenoxy) is 1. The standard InChI is InChI=1S/C17H14Cl3N5O/c1-26-14-3-2-9(18)7-13(14)25-17-15(21)16(22-8-23-17)24-12-5-10(19)4-11(20)6-12/h2-8H,21H2,1H3,(H2,22,23,24,25). The summed E-state index contributed by atoms with van der Waals surface area (Å²) >= 11 is 18.1. The average molecular weight is 411 g/mol. The minimum absolute atomic E-state index is 0.311. The van der Waals surface area contributed by atoms with E-state index in [9.17, 15) is 0 Å². The van der Waals surface area contributed by atoms with Crippen molar-refractivity contribution in [2.24, 2.45) is 0 Å². The van der Waals surface area contributed by atoms with Crippen LogP contribution in [0.25, 0.3) is 0 Å². The Bertz CT molecular complexity index is 931. The van der Waals surface area contributed by atoms with Gasteiger partial charge in [-0.2, -0.15) is 0 Å². The van der Waals surface area contributed by atoms with Gasteiger partial charge in [-0.05, 0) is 36.4 Å². The molecule has 0 aliphatic carbocycles. The Balaban J connectivity index is 1.91. The summed E-state index contributed by atoms with van der Waals surface area (Å²) in [6, 6.07) is 10.2. The van der Waals surface area contributed by atoms with E-state index in [1.807, 2.05) is 0 Å². The molecule has 2 aromatic carbocycles. The van der Waals surface area contributed by atoms with Gasteiger partial charge in [0.15, 0.2) is 11.6 Å². The number of halogens is 3. The number of rotatable bonds is 5. The molecule has 3 aromatic rings. The van der Waals surface area contributed by atoms with Crippen LogP contribution in [0.15, 0.2) is 42.7 Å². The number of nitrogens with one attached hydrogen (secondary N) is 2. The van der Waals surface area contributed by atoms with E-state index in [1.165, 1.54) is 6.33 Å². The van der Waals surface area contributed by atoms with E-state index in [4.69, 9.17) is 45.3 Å². The van der Waals surface area contributed by atoms with Crippen molar-refractivity contribution in [2.75, 3.05) is 23.5 Å². The maximum atomic E-state index is 6.19. The summed E-state index contributed by atoms with van der Waals surface area (Å²) in [5.74, 6) is 1.40. The van der Waals surface area contributed by atoms with Gasteiger partial charge in [-0.15, -0.1) is 0 Å². The van der Waals surface area contributed by atoms with Gasteiger partial charge in [-0.3, -0.25) is 0 Å². The van der Waals surface area contributed by atoms with Gasteiger partial charge in [-0.25, -0.2) is 9.97 Å². The molecule has 0 aliphatic rings. The monoisotopic (exact) mass is 409 g/mol. The second kappa shape index (κ2) is 7.86. The Morgan fingerprint density at radius 1 is 0.885 bits per heavy atom. The van der Waals surface area contributed by atoms with Crippen LogP contribution in [-0.4, -0.2) is 17.1 Å². The lowest BCUT2D eigenvalue weighted by Gasteiger charge is -2.15. The number of anilines is 5. The summed E-state index contributed by atoms with van der Waals surface area (Å²) in [7, 11) is 1.56. The fraction of sp³-hybridized carbons (Fsp3) is 0.0588. The molecule has 0 bridgehead atoms. The third kappa shape index (κ3) is 4.22. The normalized spacial score (nSPS) is 10.5. The van der Waals surface area contributed by atoms with Gasteiger partial charge >= 0.3 is 0 Å². The van der Waals surface area contributed by atoms with Crippen molar-refractivity contribution < 1.29 is 4.74 Å². The van der Waals surface area contributed by atoms with Crippen LogP contribution < -0.4 is 21.1 Å². The van der Waals surface area contributed by atoms with Crippen LogP contribution in [0.3, 0.4) is 0 Å². The highest BCUT2D eigenvalue weighted by Crippen LogP contribution is 2.34. The van der Waals surface area contributed by atoms with E-state index in [0.29, 0.717) is 49.5 Å². The Kier molecular flexibility index (Phi) is 5.56. The summed E-state index contributed by atoms with van der Waals surface area (Å²) in [6.45, 7) is 0. The largest absolute Gasteiger partial charge is 0.495 e. The van der Waals surface area contributed by atoms with E-state index in [1.54, 1.807) is 43.5 Å². The highest BCUT2D eigenvalue weighted by Gasteiger charge is 2.12. The Morgan fingerprint density at radius 2 is 1.54 bits per heavy atom. The fourth-order valence-electron chi connectivity index (χ4n) is 2.26. The summed E-state index contributed by atoms with van der Waals surface area (Å²) in [5.41, 5.74) is 7.78. The zero-order chi connectivity index (χ0) is 18.7. The molecular weight excluding hydrogens is 397 g/mol. The number of nitrogen functional groups attached to an aromatic ring is 1. The van der Waals surface area contributed by atoms with Crippen molar-refractivity contribution in [2.45, 2.75) is 0 Å². The fourth-order valence-corrected chi connectivity index (χ4v) is 2.96. The van der Waals surface area contributed by atoms with Crippen molar-refractivity contribution >= 4 is 63.5 Å². The minimum Gasteiger partial charge on any atom is -0.495 e. The number of methoxy groups -OCH3 is 1. The first-order chi connectivity index (χ1) is 12.5. The smallest absolute Gasteiger partial charge is 0.159 e. The SMILES string of the molecule is COc1ccc(Cl)cc1Nc1ncnc(Nc2cc(Cl)cc(Cl)c2)c1N. The summed E-state index contributed by atoms with van der Waals surface area (Å²) in [6.07, 6.45) is 1.38. The topological polar surface area (TPSA) is 85.1 Å². The Labute approximate surface area is 165 Å². The molecule has 26 heavy (non-hydrogen) atoms. The van der Waals surface area contributed by atoms with Crippen LogP contribution in [-0.2, 0) is 0 Å². The zero-order valence-corrected chi connectivity index (χ0v) is 15.8. The first kappa shape index (κ1) is 18.4. The lowest BCUT2D eigenvalue weighted by molar-refractivity contribution is 0.417. The van der Waals surface area contributed by atoms with Gasteiger partial charge in [-0.1, -0.05) is 34.8 Å². The van der Waals surface area contributed by atoms with Crippen molar-refractivity contribution in [3.8, 4) is 5.75 Å². The van der Waals surface area contributed by atoms with Crippen LogP contribution in [0, 0.1) is 0 Å². The van der Waals surface area contributed by atoms with Gasteiger partial charge in [0, 0.05) is 20.8 Å². The van der Waals surface area contributed by atoms with E-state index in [0.717, 1.165) is 0 Å². The van der Waals surface area contributed by atoms with Gasteiger partial charge in [0.05, 0.1) is 12.8 Å². The third-order valence-corrected chi connectivity index (χ3v) is 4.10. The Hall–Kier alpha value is -2.41. The molecule has 0 spiro atoms. The maximum Gasteiger partial charge on any atom is 0.159 e. The number of nitrogens with two attached hydrogens (primary N) is 1. The van der Waals surface area contributed by atoms with Gasteiger partial charge in [0.1, 0.15) is 17.8 Å². The van der Waals surface area contributed by atoms with Crippen molar-refractivity contribution in [1.82, 2.24) is 9.97 Å². The molecule has 0 unspecified atom stereocenters. The van der Waals surface area contributed by atoms with Crippen molar-refractivity contribution in [3.05, 3.63) is 57.8 Å². The molecule has 134 valence electrons. The van der Waals surface area contributed by atoms with Crippen LogP contribution in [0.2, 0.25) is 15.1 Å². The summed E-state index contributed by atoms with van der Waals surface area (Å²) in [4.78, 5) is 8.34. The molecule has 1 heterocycles. The quantitative estimate of drug-likeness (QED) is 0.514. The van der Waals surface area contributed by atoms with Crippen molar-refractivity contribution in [1.29, 1.82) is 0 Å². The third-order valence-electron chi connectivity index (χ3n) is 3.42. The van der Waals surface area contributed by atoms with E-state index in [2.05, 4.69) is 20.6 Å². The van der Waals surface area contributed by atoms with Gasteiger partial charge in [0.25, 0.3) is 0 Å². The predicted octanol–water partition coefficient (Wildman–Crippen LogP) is 5.51. The summed E-state index contributed by atoms with van der Waals surface area (Å²) in [5, 5.41) is 7.72. The zero-order valence-electron chi connectivity index (χ0n) is 13.6. The first-order valence-electron chi connectivity index (χ1n) is 7.40. The second-order valence-corrected chi connectivity index (χ2v) is 6.55. The number of aromatic nitrogens is 2. The molecule has 4 N–H and O–H groups in total. The molecule has 0 aliphatic heterocycles. The number of nitrogens with zero attached hydrogens (tertiary/aromatic N) is 2. The van der Waals surface area contributed by atoms with Gasteiger partial charge < -0.3 is 21.1 Å². The first-order valence-corrected chi connectivity index (χ1v) is 8.54. The predicted molar refractivity (Wildman–Crippen MR) is 107 cm³/mol. The molecule has 1 aromatic heterocycles. The molecule has 0 atom stereocenters. The number of hydrogen-bond donors (Lipinski definition) is 3. The molecular formula is C17H14Cl3N5O. The Morgan fingerprint density at radius 3 is 2.19 bits per heavy atom. The van der Waals surface area contributed by atoms with Crippen LogP contribution >= 0.6 is 34.8 Å². The molecule has 0 radical (unpaired) electrons. The van der Waals surface area contributed by atoms with Crippen LogP contribution in [0.5, 0.6) is 5.75 Å². The molecule has 0 saturated heterocycles. The highest BCUT2D eigenvalue weighted by molar-refractivity contribution is 6.35. The van der Waals surface area contributed by atoms with Gasteiger partial charge in [0.2, 0.25) is 0 Å².